The van der Waals surface area contributed by atoms with Crippen molar-refractivity contribution in [1.82, 2.24) is 0 Å². The summed E-state index contributed by atoms with van der Waals surface area (Å²) in [4.78, 5) is 17.6. The van der Waals surface area contributed by atoms with E-state index in [-0.39, 0.29) is 6.61 Å². The van der Waals surface area contributed by atoms with Gasteiger partial charge < -0.3 is 20.4 Å². The topological polar surface area (TPSA) is 92.4 Å². The molecule has 0 bridgehead atoms. The lowest BCUT2D eigenvalue weighted by Gasteiger charge is -2.32. The summed E-state index contributed by atoms with van der Waals surface area (Å²) in [7, 11) is -2.62. The molecule has 0 radical (unpaired) electrons. The summed E-state index contributed by atoms with van der Waals surface area (Å²) in [6.07, 6.45) is 16.3. The fourth-order valence-corrected chi connectivity index (χ4v) is 2.84. The molecule has 3 N–H and O–H groups in total. The maximum atomic E-state index is 8.81. The van der Waals surface area contributed by atoms with Gasteiger partial charge in [0.1, 0.15) is 0 Å². The number of hydrogen-bond donors (Lipinski definition) is 2. The average Bonchev–Trinajstić information content (AvgIpc) is 2.45. The zero-order chi connectivity index (χ0) is 19.5. The lowest BCUT2D eigenvalue weighted by Crippen LogP contribution is -2.19. The molecule has 0 spiro atoms. The van der Waals surface area contributed by atoms with E-state index in [1.807, 2.05) is 19.1 Å². The highest BCUT2D eigenvalue weighted by atomic mass is 31.2. The second kappa shape index (κ2) is 12.3. The molecule has 142 valence electrons. The molecule has 0 fully saturated rings. The van der Waals surface area contributed by atoms with Gasteiger partial charge in [-0.25, -0.2) is 8.53 Å². The van der Waals surface area contributed by atoms with Crippen molar-refractivity contribution in [2.75, 3.05) is 6.61 Å². The van der Waals surface area contributed by atoms with Crippen LogP contribution in [0.3, 0.4) is 0 Å². The Labute approximate surface area is 154 Å². The summed E-state index contributed by atoms with van der Waals surface area (Å²) in [5.74, 6) is 0. The molecule has 0 unspecified atom stereocenters. The van der Waals surface area contributed by atoms with E-state index in [1.165, 1.54) is 36.0 Å². The van der Waals surface area contributed by atoms with Gasteiger partial charge in [-0.3, -0.25) is 0 Å². The van der Waals surface area contributed by atoms with E-state index < -0.39 is 8.53 Å². The van der Waals surface area contributed by atoms with E-state index in [0.717, 1.165) is 5.57 Å². The van der Waals surface area contributed by atoms with Gasteiger partial charge in [-0.2, -0.15) is 0 Å². The Morgan fingerprint density at radius 2 is 1.84 bits per heavy atom. The standard InChI is InChI=1S/C20H30O.H2NO2P/c1-16(8-6-9-17(2)13-15-21)11-12-19-18(3)10-7-14-20(19,4)5;1-4(2)3/h6,8-9,11-13,21H,7,10,14-15H2,1-5H3;1H2/q;-2/b9-6+,12-11+,16-8+,17-13+;. The third kappa shape index (κ3) is 11.2. The molecule has 0 amide bonds. The fourth-order valence-electron chi connectivity index (χ4n) is 2.84. The van der Waals surface area contributed by atoms with Crippen LogP contribution in [0.15, 0.2) is 58.7 Å². The van der Waals surface area contributed by atoms with Crippen LogP contribution < -0.4 is 15.3 Å². The minimum atomic E-state index is -2.62. The van der Waals surface area contributed by atoms with Crippen LogP contribution in [0.1, 0.15) is 53.9 Å². The first-order chi connectivity index (χ1) is 11.6. The van der Waals surface area contributed by atoms with Gasteiger partial charge in [-0.05, 0) is 51.0 Å². The Balaban J connectivity index is 0.00000129. The summed E-state index contributed by atoms with van der Waals surface area (Å²) >= 11 is 0. The second-order valence-electron chi connectivity index (χ2n) is 6.95. The van der Waals surface area contributed by atoms with Crippen molar-refractivity contribution in [3.8, 4) is 0 Å². The highest BCUT2D eigenvalue weighted by molar-refractivity contribution is 7.39. The zero-order valence-electron chi connectivity index (χ0n) is 16.1. The summed E-state index contributed by atoms with van der Waals surface area (Å²) < 4.78 is 0. The van der Waals surface area contributed by atoms with Gasteiger partial charge >= 0.3 is 0 Å². The first kappa shape index (κ1) is 24.0. The minimum absolute atomic E-state index is 0.0985. The van der Waals surface area contributed by atoms with Crippen LogP contribution >= 0.6 is 8.53 Å². The van der Waals surface area contributed by atoms with Crippen LogP contribution in [-0.4, -0.2) is 11.7 Å². The molecule has 1 aliphatic rings. The van der Waals surface area contributed by atoms with Crippen molar-refractivity contribution < 1.29 is 14.9 Å². The summed E-state index contributed by atoms with van der Waals surface area (Å²) in [6, 6.07) is 0. The fraction of sp³-hybridized carbons (Fsp3) is 0.500. The van der Waals surface area contributed by atoms with Crippen molar-refractivity contribution in [3.63, 3.8) is 0 Å². The molecule has 0 saturated carbocycles. The maximum absolute atomic E-state index is 8.81. The molecule has 1 aliphatic carbocycles. The molecule has 0 atom stereocenters. The number of aliphatic hydroxyl groups excluding tert-OH is 1. The van der Waals surface area contributed by atoms with Gasteiger partial charge in [0.15, 0.2) is 0 Å². The Morgan fingerprint density at radius 3 is 2.36 bits per heavy atom. The molecule has 0 heterocycles. The SMILES string of the molecule is CC1=C(/C=C/C(C)=C/C=C/C(C)=C/CO)C(C)(C)CCC1.NP([O-])[O-]. The van der Waals surface area contributed by atoms with E-state index in [4.69, 9.17) is 14.9 Å². The van der Waals surface area contributed by atoms with Crippen LogP contribution in [0.4, 0.5) is 0 Å². The predicted molar refractivity (Wildman–Crippen MR) is 104 cm³/mol. The van der Waals surface area contributed by atoms with Gasteiger partial charge in [0.2, 0.25) is 0 Å². The van der Waals surface area contributed by atoms with Crippen LogP contribution in [-0.2, 0) is 0 Å². The summed E-state index contributed by atoms with van der Waals surface area (Å²) in [6.45, 7) is 11.2. The van der Waals surface area contributed by atoms with Crippen LogP contribution in [0.25, 0.3) is 0 Å². The van der Waals surface area contributed by atoms with Crippen molar-refractivity contribution >= 4 is 8.53 Å². The molecule has 0 saturated heterocycles. The van der Waals surface area contributed by atoms with E-state index >= 15 is 0 Å². The normalized spacial score (nSPS) is 19.0. The number of aliphatic hydroxyl groups is 1. The van der Waals surface area contributed by atoms with Gasteiger partial charge in [0, 0.05) is 0 Å². The summed E-state index contributed by atoms with van der Waals surface area (Å²) in [5.41, 5.74) is 9.72. The average molecular weight is 365 g/mol. The van der Waals surface area contributed by atoms with Crippen molar-refractivity contribution in [2.24, 2.45) is 10.9 Å². The third-order valence-electron chi connectivity index (χ3n) is 4.19. The first-order valence-corrected chi connectivity index (χ1v) is 9.75. The van der Waals surface area contributed by atoms with E-state index in [1.54, 1.807) is 6.08 Å². The summed E-state index contributed by atoms with van der Waals surface area (Å²) in [5, 5.41) is 8.81. The van der Waals surface area contributed by atoms with E-state index in [2.05, 4.69) is 51.4 Å². The van der Waals surface area contributed by atoms with Crippen molar-refractivity contribution in [2.45, 2.75) is 53.9 Å². The molecule has 0 aromatic rings. The quantitative estimate of drug-likeness (QED) is 0.577. The molecule has 0 aromatic carbocycles. The number of nitrogens with two attached hydrogens (primary N) is 1. The Kier molecular flexibility index (Phi) is 11.8. The number of hydrogen-bond acceptors (Lipinski definition) is 4. The molecule has 5 heteroatoms. The van der Waals surface area contributed by atoms with Gasteiger partial charge in [-0.15, -0.1) is 0 Å². The van der Waals surface area contributed by atoms with Crippen LogP contribution in [0.5, 0.6) is 0 Å². The predicted octanol–water partition coefficient (Wildman–Crippen LogP) is 3.40. The van der Waals surface area contributed by atoms with E-state index in [9.17, 15) is 0 Å². The molecule has 25 heavy (non-hydrogen) atoms. The van der Waals surface area contributed by atoms with E-state index in [0.29, 0.717) is 5.41 Å². The molecular weight excluding hydrogens is 333 g/mol. The highest BCUT2D eigenvalue weighted by Gasteiger charge is 2.26. The van der Waals surface area contributed by atoms with Gasteiger partial charge in [0.25, 0.3) is 0 Å². The minimum Gasteiger partial charge on any atom is -0.830 e. The lowest BCUT2D eigenvalue weighted by molar-refractivity contribution is -0.292. The molecule has 4 nitrogen and oxygen atoms in total. The number of allylic oxidation sites excluding steroid dienone is 9. The first-order valence-electron chi connectivity index (χ1n) is 8.50. The van der Waals surface area contributed by atoms with Gasteiger partial charge in [-0.1, -0.05) is 67.0 Å². The van der Waals surface area contributed by atoms with Gasteiger partial charge in [0.05, 0.1) is 6.61 Å². The van der Waals surface area contributed by atoms with Crippen molar-refractivity contribution in [3.05, 3.63) is 58.7 Å². The van der Waals surface area contributed by atoms with Crippen LogP contribution in [0.2, 0.25) is 0 Å². The smallest absolute Gasteiger partial charge is 0.0617 e. The monoisotopic (exact) mass is 365 g/mol. The van der Waals surface area contributed by atoms with Crippen molar-refractivity contribution in [1.29, 1.82) is 0 Å². The zero-order valence-corrected chi connectivity index (χ0v) is 17.0. The Bertz CT molecular complexity index is 553. The van der Waals surface area contributed by atoms with Crippen LogP contribution in [0, 0.1) is 5.41 Å². The molecular formula is C20H32NO3P-2. The lowest BCUT2D eigenvalue weighted by atomic mass is 9.72. The molecule has 0 aromatic heterocycles. The largest absolute Gasteiger partial charge is 0.830 e. The second-order valence-corrected chi connectivity index (χ2v) is 7.52. The third-order valence-corrected chi connectivity index (χ3v) is 4.19. The Hall–Kier alpha value is -1.03. The molecule has 1 rings (SSSR count). The Morgan fingerprint density at radius 1 is 1.24 bits per heavy atom. The number of rotatable bonds is 5. The highest BCUT2D eigenvalue weighted by Crippen LogP contribution is 2.40. The molecule has 0 aliphatic heterocycles. The maximum Gasteiger partial charge on any atom is 0.0617 e.